The van der Waals surface area contributed by atoms with Gasteiger partial charge in [0, 0.05) is 38.4 Å². The van der Waals surface area contributed by atoms with Gasteiger partial charge in [-0.15, -0.1) is 0 Å². The quantitative estimate of drug-likeness (QED) is 0.892. The van der Waals surface area contributed by atoms with Crippen molar-refractivity contribution in [2.24, 2.45) is 5.92 Å². The van der Waals surface area contributed by atoms with Gasteiger partial charge in [0.05, 0.1) is 16.4 Å². The molecule has 17 heavy (non-hydrogen) atoms. The SMILES string of the molecule is CCn1nc(C)c(Cl)c1CC1CNCCC1=O. The van der Waals surface area contributed by atoms with Gasteiger partial charge in [0.1, 0.15) is 5.78 Å². The van der Waals surface area contributed by atoms with Crippen molar-refractivity contribution < 1.29 is 4.79 Å². The van der Waals surface area contributed by atoms with Gasteiger partial charge < -0.3 is 5.32 Å². The molecule has 1 N–H and O–H groups in total. The Morgan fingerprint density at radius 2 is 2.35 bits per heavy atom. The fourth-order valence-electron chi connectivity index (χ4n) is 2.29. The van der Waals surface area contributed by atoms with Crippen LogP contribution in [0.3, 0.4) is 0 Å². The van der Waals surface area contributed by atoms with Crippen molar-refractivity contribution in [3.63, 3.8) is 0 Å². The van der Waals surface area contributed by atoms with Crippen molar-refractivity contribution in [3.05, 3.63) is 16.4 Å². The molecule has 1 saturated heterocycles. The normalized spacial score (nSPS) is 20.9. The van der Waals surface area contributed by atoms with Crippen LogP contribution in [0.2, 0.25) is 5.02 Å². The van der Waals surface area contributed by atoms with Crippen LogP contribution in [0.25, 0.3) is 0 Å². The number of carbonyl (C=O) groups excluding carboxylic acids is 1. The van der Waals surface area contributed by atoms with Crippen LogP contribution < -0.4 is 5.32 Å². The van der Waals surface area contributed by atoms with E-state index in [2.05, 4.69) is 10.4 Å². The third-order valence-corrected chi connectivity index (χ3v) is 3.78. The highest BCUT2D eigenvalue weighted by Gasteiger charge is 2.25. The van der Waals surface area contributed by atoms with E-state index in [4.69, 9.17) is 11.6 Å². The van der Waals surface area contributed by atoms with Gasteiger partial charge in [-0.25, -0.2) is 0 Å². The lowest BCUT2D eigenvalue weighted by Crippen LogP contribution is -2.38. The van der Waals surface area contributed by atoms with Crippen molar-refractivity contribution in [3.8, 4) is 0 Å². The molecule has 1 aliphatic heterocycles. The molecule has 0 aliphatic carbocycles. The summed E-state index contributed by atoms with van der Waals surface area (Å²) >= 11 is 6.24. The number of piperidine rings is 1. The third-order valence-electron chi connectivity index (χ3n) is 3.29. The second-order valence-electron chi connectivity index (χ2n) is 4.48. The lowest BCUT2D eigenvalue weighted by Gasteiger charge is -2.21. The minimum absolute atomic E-state index is 0.0441. The van der Waals surface area contributed by atoms with Crippen LogP contribution in [-0.4, -0.2) is 28.7 Å². The van der Waals surface area contributed by atoms with Crippen molar-refractivity contribution >= 4 is 17.4 Å². The molecule has 4 nitrogen and oxygen atoms in total. The highest BCUT2D eigenvalue weighted by atomic mass is 35.5. The van der Waals surface area contributed by atoms with Crippen LogP contribution in [-0.2, 0) is 17.8 Å². The van der Waals surface area contributed by atoms with Crippen molar-refractivity contribution in [2.45, 2.75) is 33.2 Å². The van der Waals surface area contributed by atoms with Gasteiger partial charge in [-0.2, -0.15) is 5.10 Å². The fourth-order valence-corrected chi connectivity index (χ4v) is 2.50. The number of nitrogens with one attached hydrogen (secondary N) is 1. The van der Waals surface area contributed by atoms with Gasteiger partial charge in [0.15, 0.2) is 0 Å². The zero-order chi connectivity index (χ0) is 12.4. The van der Waals surface area contributed by atoms with E-state index in [-0.39, 0.29) is 5.92 Å². The topological polar surface area (TPSA) is 46.9 Å². The number of aryl methyl sites for hydroxylation is 2. The van der Waals surface area contributed by atoms with Crippen molar-refractivity contribution in [2.75, 3.05) is 13.1 Å². The van der Waals surface area contributed by atoms with E-state index in [1.165, 1.54) is 0 Å². The molecule has 1 atom stereocenters. The molecule has 94 valence electrons. The van der Waals surface area contributed by atoms with E-state index in [1.54, 1.807) is 0 Å². The first-order valence-electron chi connectivity index (χ1n) is 6.08. The molecule has 0 saturated carbocycles. The number of rotatable bonds is 3. The van der Waals surface area contributed by atoms with Crippen LogP contribution in [0.4, 0.5) is 0 Å². The molecular formula is C12H18ClN3O. The largest absolute Gasteiger partial charge is 0.316 e. The fraction of sp³-hybridized carbons (Fsp3) is 0.667. The molecule has 5 heteroatoms. The van der Waals surface area contributed by atoms with Gasteiger partial charge in [-0.05, 0) is 13.8 Å². The molecule has 0 spiro atoms. The van der Waals surface area contributed by atoms with Crippen LogP contribution in [0.15, 0.2) is 0 Å². The molecule has 2 rings (SSSR count). The maximum atomic E-state index is 11.8. The Kier molecular flexibility index (Phi) is 3.84. The van der Waals surface area contributed by atoms with Gasteiger partial charge in [-0.1, -0.05) is 11.6 Å². The van der Waals surface area contributed by atoms with Crippen LogP contribution in [0.1, 0.15) is 24.7 Å². The molecular weight excluding hydrogens is 238 g/mol. The molecule has 1 unspecified atom stereocenters. The Bertz CT molecular complexity index is 428. The van der Waals surface area contributed by atoms with E-state index in [9.17, 15) is 4.79 Å². The zero-order valence-electron chi connectivity index (χ0n) is 10.3. The summed E-state index contributed by atoms with van der Waals surface area (Å²) in [6.07, 6.45) is 1.32. The lowest BCUT2D eigenvalue weighted by atomic mass is 9.93. The Morgan fingerprint density at radius 3 is 3.00 bits per heavy atom. The van der Waals surface area contributed by atoms with E-state index in [0.717, 1.165) is 31.0 Å². The standard InChI is InChI=1S/C12H18ClN3O/c1-3-16-10(12(13)8(2)15-16)6-9-7-14-5-4-11(9)17/h9,14H,3-7H2,1-2H3. The number of hydrogen-bond donors (Lipinski definition) is 1. The number of hydrogen-bond acceptors (Lipinski definition) is 3. The first-order valence-corrected chi connectivity index (χ1v) is 6.46. The van der Waals surface area contributed by atoms with Gasteiger partial charge in [0.25, 0.3) is 0 Å². The number of halogens is 1. The Labute approximate surface area is 106 Å². The molecule has 1 aliphatic rings. The Morgan fingerprint density at radius 1 is 1.59 bits per heavy atom. The summed E-state index contributed by atoms with van der Waals surface area (Å²) in [5.41, 5.74) is 1.84. The van der Waals surface area contributed by atoms with E-state index in [1.807, 2.05) is 18.5 Å². The monoisotopic (exact) mass is 255 g/mol. The zero-order valence-corrected chi connectivity index (χ0v) is 11.0. The highest BCUT2D eigenvalue weighted by Crippen LogP contribution is 2.24. The first-order chi connectivity index (χ1) is 8.13. The number of carbonyl (C=O) groups is 1. The number of ketones is 1. The van der Waals surface area contributed by atoms with E-state index < -0.39 is 0 Å². The molecule has 0 radical (unpaired) electrons. The van der Waals surface area contributed by atoms with Gasteiger partial charge >= 0.3 is 0 Å². The second kappa shape index (κ2) is 5.19. The molecule has 0 amide bonds. The van der Waals surface area contributed by atoms with Crippen LogP contribution >= 0.6 is 11.6 Å². The highest BCUT2D eigenvalue weighted by molar-refractivity contribution is 6.31. The lowest BCUT2D eigenvalue weighted by molar-refractivity contribution is -0.123. The molecule has 1 fully saturated rings. The molecule has 2 heterocycles. The van der Waals surface area contributed by atoms with Crippen LogP contribution in [0, 0.1) is 12.8 Å². The smallest absolute Gasteiger partial charge is 0.138 e. The summed E-state index contributed by atoms with van der Waals surface area (Å²) in [7, 11) is 0. The summed E-state index contributed by atoms with van der Waals surface area (Å²) in [5, 5.41) is 8.34. The summed E-state index contributed by atoms with van der Waals surface area (Å²) in [6, 6.07) is 0. The minimum Gasteiger partial charge on any atom is -0.316 e. The Hall–Kier alpha value is -0.870. The summed E-state index contributed by atoms with van der Waals surface area (Å²) < 4.78 is 1.90. The minimum atomic E-state index is 0.0441. The maximum Gasteiger partial charge on any atom is 0.138 e. The molecule has 1 aromatic rings. The molecule has 0 aromatic carbocycles. The van der Waals surface area contributed by atoms with Crippen molar-refractivity contribution in [1.29, 1.82) is 0 Å². The summed E-state index contributed by atoms with van der Waals surface area (Å²) in [6.45, 7) is 6.28. The summed E-state index contributed by atoms with van der Waals surface area (Å²) in [4.78, 5) is 11.8. The van der Waals surface area contributed by atoms with E-state index >= 15 is 0 Å². The average molecular weight is 256 g/mol. The molecule has 1 aromatic heterocycles. The second-order valence-corrected chi connectivity index (χ2v) is 4.86. The van der Waals surface area contributed by atoms with Crippen molar-refractivity contribution in [1.82, 2.24) is 15.1 Å². The molecule has 0 bridgehead atoms. The maximum absolute atomic E-state index is 11.8. The third kappa shape index (κ3) is 2.53. The van der Waals surface area contributed by atoms with E-state index in [0.29, 0.717) is 23.6 Å². The van der Waals surface area contributed by atoms with Gasteiger partial charge in [0.2, 0.25) is 0 Å². The Balaban J connectivity index is 2.19. The van der Waals surface area contributed by atoms with Crippen LogP contribution in [0.5, 0.6) is 0 Å². The average Bonchev–Trinajstić information content (AvgIpc) is 2.59. The number of aromatic nitrogens is 2. The summed E-state index contributed by atoms with van der Waals surface area (Å²) in [5.74, 6) is 0.379. The first kappa shape index (κ1) is 12.6. The predicted octanol–water partition coefficient (Wildman–Crippen LogP) is 1.59. The number of Topliss-reactive ketones (excluding diaryl/α,β-unsaturated/α-hetero) is 1. The van der Waals surface area contributed by atoms with Gasteiger partial charge in [-0.3, -0.25) is 9.48 Å². The predicted molar refractivity (Wildman–Crippen MR) is 67.3 cm³/mol. The number of nitrogens with zero attached hydrogens (tertiary/aromatic N) is 2.